The first-order valence-electron chi connectivity index (χ1n) is 10.4. The van der Waals surface area contributed by atoms with Crippen molar-refractivity contribution in [3.63, 3.8) is 0 Å². The number of rotatable bonds is 8. The molecule has 7 heteroatoms. The first kappa shape index (κ1) is 21.5. The molecule has 0 saturated carbocycles. The minimum atomic E-state index is -0.366. The largest absolute Gasteiger partial charge is 0.494 e. The second-order valence-corrected chi connectivity index (χ2v) is 7.97. The van der Waals surface area contributed by atoms with Crippen LogP contribution in [0.4, 0.5) is 11.4 Å². The van der Waals surface area contributed by atoms with Gasteiger partial charge in [-0.1, -0.05) is 42.5 Å². The Labute approximate surface area is 190 Å². The molecule has 0 amide bonds. The molecule has 4 aromatic rings. The average Bonchev–Trinajstić information content (AvgIpc) is 3.22. The van der Waals surface area contributed by atoms with E-state index < -0.39 is 0 Å². The van der Waals surface area contributed by atoms with E-state index in [0.29, 0.717) is 13.2 Å². The van der Waals surface area contributed by atoms with Crippen molar-refractivity contribution in [1.82, 2.24) is 4.57 Å². The maximum atomic E-state index is 11.3. The molecule has 3 aromatic carbocycles. The van der Waals surface area contributed by atoms with Gasteiger partial charge in [0.2, 0.25) is 0 Å². The van der Waals surface area contributed by atoms with Crippen LogP contribution in [0.2, 0.25) is 0 Å². The number of hydrogen-bond acceptors (Lipinski definition) is 5. The summed E-state index contributed by atoms with van der Waals surface area (Å²) in [4.78, 5) is 16.6. The molecule has 0 aliphatic heterocycles. The Morgan fingerprint density at radius 3 is 2.53 bits per heavy atom. The van der Waals surface area contributed by atoms with Gasteiger partial charge in [-0.2, -0.15) is 0 Å². The Hall–Kier alpha value is -3.71. The van der Waals surface area contributed by atoms with E-state index in [1.54, 1.807) is 12.1 Å². The fourth-order valence-corrected chi connectivity index (χ4v) is 4.38. The van der Waals surface area contributed by atoms with Crippen molar-refractivity contribution in [1.29, 1.82) is 0 Å². The number of thiazole rings is 1. The number of non-ortho nitro benzene ring substituents is 1. The van der Waals surface area contributed by atoms with Gasteiger partial charge in [0, 0.05) is 29.6 Å². The highest BCUT2D eigenvalue weighted by Crippen LogP contribution is 2.25. The quantitative estimate of drug-likeness (QED) is 0.247. The van der Waals surface area contributed by atoms with Crippen LogP contribution >= 0.6 is 11.3 Å². The van der Waals surface area contributed by atoms with Crippen molar-refractivity contribution in [2.75, 3.05) is 6.61 Å². The van der Waals surface area contributed by atoms with Crippen LogP contribution in [-0.4, -0.2) is 16.1 Å². The van der Waals surface area contributed by atoms with E-state index in [1.807, 2.05) is 60.8 Å². The van der Waals surface area contributed by atoms with Crippen molar-refractivity contribution in [3.05, 3.63) is 105 Å². The third-order valence-electron chi connectivity index (χ3n) is 4.99. The number of nitrogens with zero attached hydrogens (tertiary/aromatic N) is 3. The molecule has 0 radical (unpaired) electrons. The third-order valence-corrected chi connectivity index (χ3v) is 5.85. The van der Waals surface area contributed by atoms with Crippen LogP contribution < -0.4 is 9.54 Å². The van der Waals surface area contributed by atoms with Crippen molar-refractivity contribution in [3.8, 4) is 17.0 Å². The fourth-order valence-electron chi connectivity index (χ4n) is 3.42. The van der Waals surface area contributed by atoms with E-state index >= 15 is 0 Å². The molecular weight excluding hydrogens is 422 g/mol. The predicted molar refractivity (Wildman–Crippen MR) is 127 cm³/mol. The molecular formula is C25H23N3O3S. The minimum Gasteiger partial charge on any atom is -0.494 e. The Morgan fingerprint density at radius 2 is 1.81 bits per heavy atom. The number of nitro groups is 1. The van der Waals surface area contributed by atoms with E-state index in [-0.39, 0.29) is 10.6 Å². The predicted octanol–water partition coefficient (Wildman–Crippen LogP) is 6.00. The first-order chi connectivity index (χ1) is 15.6. The first-order valence-corrected chi connectivity index (χ1v) is 11.3. The highest BCUT2D eigenvalue weighted by molar-refractivity contribution is 7.07. The molecule has 0 aliphatic carbocycles. The Morgan fingerprint density at radius 1 is 1.03 bits per heavy atom. The lowest BCUT2D eigenvalue weighted by Crippen LogP contribution is -2.17. The molecule has 1 heterocycles. The topological polar surface area (TPSA) is 69.7 Å². The lowest BCUT2D eigenvalue weighted by molar-refractivity contribution is -0.384. The zero-order valence-corrected chi connectivity index (χ0v) is 18.5. The van der Waals surface area contributed by atoms with Crippen molar-refractivity contribution in [2.24, 2.45) is 4.99 Å². The van der Waals surface area contributed by atoms with Gasteiger partial charge in [-0.3, -0.25) is 10.1 Å². The number of aryl methyl sites for hydroxylation is 1. The Kier molecular flexibility index (Phi) is 6.77. The van der Waals surface area contributed by atoms with Crippen LogP contribution in [0.3, 0.4) is 0 Å². The van der Waals surface area contributed by atoms with Crippen LogP contribution in [0, 0.1) is 10.1 Å². The second-order valence-electron chi connectivity index (χ2n) is 7.14. The summed E-state index contributed by atoms with van der Waals surface area (Å²) >= 11 is 1.52. The average molecular weight is 446 g/mol. The van der Waals surface area contributed by atoms with Gasteiger partial charge >= 0.3 is 0 Å². The summed E-state index contributed by atoms with van der Waals surface area (Å²) in [5, 5.41) is 13.3. The van der Waals surface area contributed by atoms with Crippen molar-refractivity contribution < 1.29 is 9.66 Å². The number of hydrogen-bond donors (Lipinski definition) is 0. The molecule has 0 fully saturated rings. The summed E-state index contributed by atoms with van der Waals surface area (Å²) in [6.07, 6.45) is 0.829. The summed E-state index contributed by atoms with van der Waals surface area (Å²) in [6, 6.07) is 24.7. The normalized spacial score (nSPS) is 11.5. The maximum Gasteiger partial charge on any atom is 0.270 e. The van der Waals surface area contributed by atoms with Gasteiger partial charge in [0.1, 0.15) is 5.75 Å². The number of aromatic nitrogens is 1. The monoisotopic (exact) mass is 445 g/mol. The molecule has 0 N–H and O–H groups in total. The van der Waals surface area contributed by atoms with Crippen LogP contribution in [0.25, 0.3) is 11.3 Å². The highest BCUT2D eigenvalue weighted by atomic mass is 32.1. The van der Waals surface area contributed by atoms with Crippen LogP contribution in [0.15, 0.2) is 89.2 Å². The minimum absolute atomic E-state index is 0.0771. The summed E-state index contributed by atoms with van der Waals surface area (Å²) < 4.78 is 7.65. The standard InChI is InChI=1S/C25H23N3O3S/c1-2-31-23-13-11-21(12-14-23)26-25-27(16-15-19-7-4-3-5-8-19)24(18-32-25)20-9-6-10-22(17-20)28(29)30/h3-14,17-18H,2,15-16H2,1H3. The van der Waals surface area contributed by atoms with Gasteiger partial charge in [0.25, 0.3) is 5.69 Å². The zero-order chi connectivity index (χ0) is 22.3. The molecule has 0 unspecified atom stereocenters. The Bertz CT molecular complexity index is 1260. The number of ether oxygens (including phenoxy) is 1. The number of benzene rings is 3. The van der Waals surface area contributed by atoms with Gasteiger partial charge in [-0.25, -0.2) is 4.99 Å². The summed E-state index contributed by atoms with van der Waals surface area (Å²) in [5.74, 6) is 0.812. The molecule has 32 heavy (non-hydrogen) atoms. The van der Waals surface area contributed by atoms with E-state index in [0.717, 1.165) is 33.9 Å². The molecule has 1 aromatic heterocycles. The van der Waals surface area contributed by atoms with E-state index in [9.17, 15) is 10.1 Å². The second kappa shape index (κ2) is 10.1. The van der Waals surface area contributed by atoms with E-state index in [1.165, 1.54) is 23.0 Å². The van der Waals surface area contributed by atoms with Gasteiger partial charge in [0.05, 0.1) is 22.9 Å². The summed E-state index contributed by atoms with van der Waals surface area (Å²) in [7, 11) is 0. The molecule has 162 valence electrons. The number of nitro benzene ring substituents is 1. The van der Waals surface area contributed by atoms with Crippen molar-refractivity contribution >= 4 is 22.7 Å². The molecule has 0 spiro atoms. The van der Waals surface area contributed by atoms with Crippen LogP contribution in [-0.2, 0) is 13.0 Å². The van der Waals surface area contributed by atoms with Gasteiger partial charge < -0.3 is 9.30 Å². The molecule has 0 atom stereocenters. The van der Waals surface area contributed by atoms with Gasteiger partial charge in [-0.15, -0.1) is 11.3 Å². The maximum absolute atomic E-state index is 11.3. The third kappa shape index (κ3) is 5.12. The Balaban J connectivity index is 1.74. The van der Waals surface area contributed by atoms with Gasteiger partial charge in [0.15, 0.2) is 4.80 Å². The molecule has 0 bridgehead atoms. The smallest absolute Gasteiger partial charge is 0.270 e. The molecule has 6 nitrogen and oxygen atoms in total. The van der Waals surface area contributed by atoms with Gasteiger partial charge in [-0.05, 0) is 43.2 Å². The fraction of sp³-hybridized carbons (Fsp3) is 0.160. The molecule has 0 saturated heterocycles. The summed E-state index contributed by atoms with van der Waals surface area (Å²) in [5.41, 5.74) is 3.85. The zero-order valence-electron chi connectivity index (χ0n) is 17.7. The highest BCUT2D eigenvalue weighted by Gasteiger charge is 2.12. The van der Waals surface area contributed by atoms with Crippen LogP contribution in [0.1, 0.15) is 12.5 Å². The van der Waals surface area contributed by atoms with E-state index in [2.05, 4.69) is 16.7 Å². The lowest BCUT2D eigenvalue weighted by Gasteiger charge is -2.10. The van der Waals surface area contributed by atoms with E-state index in [4.69, 9.17) is 9.73 Å². The summed E-state index contributed by atoms with van der Waals surface area (Å²) in [6.45, 7) is 3.28. The molecule has 0 aliphatic rings. The lowest BCUT2D eigenvalue weighted by atomic mass is 10.1. The van der Waals surface area contributed by atoms with Crippen LogP contribution in [0.5, 0.6) is 5.75 Å². The molecule has 4 rings (SSSR count). The van der Waals surface area contributed by atoms with Crippen molar-refractivity contribution in [2.45, 2.75) is 19.9 Å². The SMILES string of the molecule is CCOc1ccc(N=c2scc(-c3cccc([N+](=O)[O-])c3)n2CCc2ccccc2)cc1.